The van der Waals surface area contributed by atoms with Crippen LogP contribution in [0.3, 0.4) is 0 Å². The Kier molecular flexibility index (Phi) is 3.71. The molecule has 0 saturated carbocycles. The normalized spacial score (nSPS) is 10.5. The number of benzene rings is 2. The Morgan fingerprint density at radius 3 is 2.53 bits per heavy atom. The van der Waals surface area contributed by atoms with Crippen LogP contribution in [-0.4, -0.2) is 5.78 Å². The molecule has 0 bridgehead atoms. The summed E-state index contributed by atoms with van der Waals surface area (Å²) in [6, 6.07) is 7.82. The first-order chi connectivity index (χ1) is 8.90. The van der Waals surface area contributed by atoms with Crippen molar-refractivity contribution in [3.63, 3.8) is 0 Å². The molecule has 2 N–H and O–H groups in total. The van der Waals surface area contributed by atoms with E-state index in [0.29, 0.717) is 22.4 Å². The van der Waals surface area contributed by atoms with E-state index in [1.807, 2.05) is 0 Å². The molecule has 0 amide bonds. The molecule has 0 aromatic heterocycles. The quantitative estimate of drug-likeness (QED) is 0.670. The van der Waals surface area contributed by atoms with Gasteiger partial charge in [0, 0.05) is 21.3 Å². The molecule has 0 aliphatic heterocycles. The van der Waals surface area contributed by atoms with Gasteiger partial charge in [0.2, 0.25) is 0 Å². The average Bonchev–Trinajstić information content (AvgIpc) is 2.36. The first-order valence-corrected chi connectivity index (χ1v) is 6.56. The predicted molar refractivity (Wildman–Crippen MR) is 77.9 cm³/mol. The summed E-state index contributed by atoms with van der Waals surface area (Å²) >= 11 is 3.32. The third-order valence-corrected chi connectivity index (χ3v) is 3.54. The topological polar surface area (TPSA) is 43.1 Å². The standard InChI is InChI=1S/C15H13BrFNO/c1-8-5-10(3-4-13(8)17)15(19)12-6-11(16)7-14(18)9(12)2/h3-7H,18H2,1-2H3. The van der Waals surface area contributed by atoms with E-state index in [1.165, 1.54) is 12.1 Å². The van der Waals surface area contributed by atoms with Gasteiger partial charge in [-0.25, -0.2) is 4.39 Å². The number of carbonyl (C=O) groups excluding carboxylic acids is 1. The molecule has 0 aliphatic rings. The van der Waals surface area contributed by atoms with E-state index in [1.54, 1.807) is 32.0 Å². The predicted octanol–water partition coefficient (Wildman–Crippen LogP) is 4.02. The van der Waals surface area contributed by atoms with Gasteiger partial charge in [-0.1, -0.05) is 15.9 Å². The van der Waals surface area contributed by atoms with E-state index in [9.17, 15) is 9.18 Å². The van der Waals surface area contributed by atoms with E-state index in [0.717, 1.165) is 10.0 Å². The molecule has 2 aromatic carbocycles. The maximum Gasteiger partial charge on any atom is 0.193 e. The second kappa shape index (κ2) is 5.13. The number of carbonyl (C=O) groups is 1. The van der Waals surface area contributed by atoms with Gasteiger partial charge in [0.25, 0.3) is 0 Å². The molecule has 19 heavy (non-hydrogen) atoms. The van der Waals surface area contributed by atoms with E-state index >= 15 is 0 Å². The molecular weight excluding hydrogens is 309 g/mol. The summed E-state index contributed by atoms with van der Waals surface area (Å²) in [6.07, 6.45) is 0. The van der Waals surface area contributed by atoms with Gasteiger partial charge in [-0.05, 0) is 55.3 Å². The molecule has 2 rings (SSSR count). The number of rotatable bonds is 2. The van der Waals surface area contributed by atoms with Crippen molar-refractivity contribution in [3.8, 4) is 0 Å². The summed E-state index contributed by atoms with van der Waals surface area (Å²) in [5, 5.41) is 0. The molecule has 0 radical (unpaired) electrons. The van der Waals surface area contributed by atoms with Gasteiger partial charge in [-0.3, -0.25) is 4.79 Å². The number of aryl methyl sites for hydroxylation is 1. The highest BCUT2D eigenvalue weighted by molar-refractivity contribution is 9.10. The highest BCUT2D eigenvalue weighted by Crippen LogP contribution is 2.25. The molecule has 4 heteroatoms. The van der Waals surface area contributed by atoms with Gasteiger partial charge < -0.3 is 5.73 Å². The Balaban J connectivity index is 2.53. The van der Waals surface area contributed by atoms with Crippen LogP contribution in [-0.2, 0) is 0 Å². The van der Waals surface area contributed by atoms with Crippen molar-refractivity contribution in [1.82, 2.24) is 0 Å². The maximum atomic E-state index is 13.2. The zero-order valence-electron chi connectivity index (χ0n) is 10.6. The van der Waals surface area contributed by atoms with Gasteiger partial charge in [0.1, 0.15) is 5.82 Å². The van der Waals surface area contributed by atoms with Crippen LogP contribution >= 0.6 is 15.9 Å². The number of hydrogen-bond donors (Lipinski definition) is 1. The number of halogens is 2. The third kappa shape index (κ3) is 2.68. The van der Waals surface area contributed by atoms with E-state index in [2.05, 4.69) is 15.9 Å². The molecule has 2 aromatic rings. The van der Waals surface area contributed by atoms with Crippen LogP contribution in [0.5, 0.6) is 0 Å². The van der Waals surface area contributed by atoms with Crippen LogP contribution in [0.25, 0.3) is 0 Å². The van der Waals surface area contributed by atoms with Gasteiger partial charge in [0.05, 0.1) is 0 Å². The molecule has 0 saturated heterocycles. The SMILES string of the molecule is Cc1cc(C(=O)c2cc(Br)cc(N)c2C)ccc1F. The van der Waals surface area contributed by atoms with Crippen molar-refractivity contribution >= 4 is 27.4 Å². The fraction of sp³-hybridized carbons (Fsp3) is 0.133. The molecule has 0 heterocycles. The van der Waals surface area contributed by atoms with E-state index in [4.69, 9.17) is 5.73 Å². The largest absolute Gasteiger partial charge is 0.398 e. The molecular formula is C15H13BrFNO. The van der Waals surface area contributed by atoms with Gasteiger partial charge >= 0.3 is 0 Å². The van der Waals surface area contributed by atoms with Crippen molar-refractivity contribution in [2.24, 2.45) is 0 Å². The second-order valence-corrected chi connectivity index (χ2v) is 5.38. The van der Waals surface area contributed by atoms with Crippen molar-refractivity contribution in [1.29, 1.82) is 0 Å². The number of nitrogens with two attached hydrogens (primary N) is 1. The maximum absolute atomic E-state index is 13.2. The Morgan fingerprint density at radius 2 is 1.89 bits per heavy atom. The molecule has 0 unspecified atom stereocenters. The summed E-state index contributed by atoms with van der Waals surface area (Å²) < 4.78 is 14.0. The number of ketones is 1. The summed E-state index contributed by atoms with van der Waals surface area (Å²) in [7, 11) is 0. The van der Waals surface area contributed by atoms with Crippen molar-refractivity contribution < 1.29 is 9.18 Å². The van der Waals surface area contributed by atoms with Crippen molar-refractivity contribution in [3.05, 3.63) is 62.9 Å². The molecule has 2 nitrogen and oxygen atoms in total. The summed E-state index contributed by atoms with van der Waals surface area (Å²) in [5.74, 6) is -0.476. The Hall–Kier alpha value is -1.68. The minimum absolute atomic E-state index is 0.159. The Morgan fingerprint density at radius 1 is 1.21 bits per heavy atom. The minimum Gasteiger partial charge on any atom is -0.398 e. The number of nitrogen functional groups attached to an aromatic ring is 1. The highest BCUT2D eigenvalue weighted by atomic mass is 79.9. The molecule has 0 spiro atoms. The lowest BCUT2D eigenvalue weighted by molar-refractivity contribution is 0.103. The fourth-order valence-corrected chi connectivity index (χ4v) is 2.35. The van der Waals surface area contributed by atoms with Crippen molar-refractivity contribution in [2.45, 2.75) is 13.8 Å². The van der Waals surface area contributed by atoms with Crippen LogP contribution in [0.2, 0.25) is 0 Å². The first-order valence-electron chi connectivity index (χ1n) is 5.76. The molecule has 98 valence electrons. The smallest absolute Gasteiger partial charge is 0.193 e. The lowest BCUT2D eigenvalue weighted by atomic mass is 9.97. The monoisotopic (exact) mass is 321 g/mol. The van der Waals surface area contributed by atoms with Crippen LogP contribution in [0.15, 0.2) is 34.8 Å². The zero-order chi connectivity index (χ0) is 14.2. The Bertz CT molecular complexity index is 667. The fourth-order valence-electron chi connectivity index (χ4n) is 1.88. The molecule has 0 atom stereocenters. The van der Waals surface area contributed by atoms with Gasteiger partial charge in [-0.2, -0.15) is 0 Å². The van der Waals surface area contributed by atoms with Crippen LogP contribution in [0, 0.1) is 19.7 Å². The van der Waals surface area contributed by atoms with Gasteiger partial charge in [-0.15, -0.1) is 0 Å². The first kappa shape index (κ1) is 13.7. The summed E-state index contributed by atoms with van der Waals surface area (Å²) in [6.45, 7) is 3.43. The van der Waals surface area contributed by atoms with Gasteiger partial charge in [0.15, 0.2) is 5.78 Å². The van der Waals surface area contributed by atoms with Crippen LogP contribution in [0.1, 0.15) is 27.0 Å². The lowest BCUT2D eigenvalue weighted by Gasteiger charge is -2.09. The van der Waals surface area contributed by atoms with Crippen LogP contribution in [0.4, 0.5) is 10.1 Å². The number of hydrogen-bond acceptors (Lipinski definition) is 2. The number of anilines is 1. The van der Waals surface area contributed by atoms with Crippen molar-refractivity contribution in [2.75, 3.05) is 5.73 Å². The minimum atomic E-state index is -0.318. The van der Waals surface area contributed by atoms with E-state index in [-0.39, 0.29) is 11.6 Å². The highest BCUT2D eigenvalue weighted by Gasteiger charge is 2.15. The second-order valence-electron chi connectivity index (χ2n) is 4.46. The summed E-state index contributed by atoms with van der Waals surface area (Å²) in [5.41, 5.74) is 8.57. The summed E-state index contributed by atoms with van der Waals surface area (Å²) in [4.78, 5) is 12.4. The lowest BCUT2D eigenvalue weighted by Crippen LogP contribution is -2.06. The molecule has 0 aliphatic carbocycles. The van der Waals surface area contributed by atoms with E-state index < -0.39 is 0 Å². The average molecular weight is 322 g/mol. The third-order valence-electron chi connectivity index (χ3n) is 3.08. The zero-order valence-corrected chi connectivity index (χ0v) is 12.2. The molecule has 0 fully saturated rings. The Labute approximate surface area is 119 Å². The van der Waals surface area contributed by atoms with Crippen LogP contribution < -0.4 is 5.73 Å².